The van der Waals surface area contributed by atoms with E-state index in [9.17, 15) is 9.59 Å². The summed E-state index contributed by atoms with van der Waals surface area (Å²) in [6.45, 7) is 0.397. The van der Waals surface area contributed by atoms with E-state index in [0.29, 0.717) is 12.0 Å². The molecule has 106 valence electrons. The summed E-state index contributed by atoms with van der Waals surface area (Å²) in [5.74, 6) is 1.60. The van der Waals surface area contributed by atoms with Crippen molar-refractivity contribution in [3.63, 3.8) is 0 Å². The molecule has 4 bridgehead atoms. The summed E-state index contributed by atoms with van der Waals surface area (Å²) in [6, 6.07) is -0.349. The molecule has 5 heteroatoms. The van der Waals surface area contributed by atoms with Gasteiger partial charge >= 0.3 is 12.0 Å². The highest BCUT2D eigenvalue weighted by molar-refractivity contribution is 5.79. The number of urea groups is 1. The summed E-state index contributed by atoms with van der Waals surface area (Å²) in [5, 5.41) is 13.8. The van der Waals surface area contributed by atoms with Crippen molar-refractivity contribution in [1.29, 1.82) is 0 Å². The summed E-state index contributed by atoms with van der Waals surface area (Å²) < 4.78 is 0. The fraction of sp³-hybridized carbons (Fsp3) is 0.857. The minimum absolute atomic E-state index is 0.301. The normalized spacial score (nSPS) is 39.1. The number of carbonyl (C=O) groups is 2. The van der Waals surface area contributed by atoms with E-state index >= 15 is 0 Å². The molecule has 0 aliphatic heterocycles. The second kappa shape index (κ2) is 4.69. The third kappa shape index (κ3) is 2.69. The Morgan fingerprint density at radius 2 is 1.53 bits per heavy atom. The first-order chi connectivity index (χ1) is 9.05. The van der Waals surface area contributed by atoms with Gasteiger partial charge in [0.25, 0.3) is 0 Å². The average molecular weight is 266 g/mol. The molecule has 0 unspecified atom stereocenters. The van der Waals surface area contributed by atoms with Crippen LogP contribution in [0.4, 0.5) is 4.79 Å². The van der Waals surface area contributed by atoms with Crippen molar-refractivity contribution in [3.05, 3.63) is 0 Å². The minimum Gasteiger partial charge on any atom is -0.480 e. The van der Waals surface area contributed by atoms with E-state index in [1.807, 2.05) is 0 Å². The zero-order chi connectivity index (χ0) is 13.5. The molecule has 4 aliphatic rings. The number of nitrogens with one attached hydrogen (secondary N) is 2. The van der Waals surface area contributed by atoms with Crippen molar-refractivity contribution in [1.82, 2.24) is 10.6 Å². The molecule has 0 aromatic carbocycles. The van der Waals surface area contributed by atoms with Gasteiger partial charge < -0.3 is 15.7 Å². The molecule has 0 aromatic rings. The molecule has 0 atom stereocenters. The number of carbonyl (C=O) groups excluding carboxylic acids is 1. The van der Waals surface area contributed by atoms with Gasteiger partial charge in [0.15, 0.2) is 0 Å². The molecule has 0 saturated heterocycles. The van der Waals surface area contributed by atoms with Gasteiger partial charge in [-0.2, -0.15) is 0 Å². The highest BCUT2D eigenvalue weighted by Crippen LogP contribution is 2.59. The van der Waals surface area contributed by atoms with Crippen LogP contribution >= 0.6 is 0 Å². The Labute approximate surface area is 113 Å². The monoisotopic (exact) mass is 266 g/mol. The fourth-order valence-corrected chi connectivity index (χ4v) is 4.99. The van der Waals surface area contributed by atoms with Gasteiger partial charge in [-0.05, 0) is 61.7 Å². The molecule has 19 heavy (non-hydrogen) atoms. The number of carboxylic acid groups (broad SMARTS) is 1. The van der Waals surface area contributed by atoms with E-state index < -0.39 is 5.97 Å². The Morgan fingerprint density at radius 3 is 2.00 bits per heavy atom. The molecule has 4 rings (SSSR count). The highest BCUT2D eigenvalue weighted by atomic mass is 16.4. The Bertz CT molecular complexity index is 359. The minimum atomic E-state index is -1.01. The summed E-state index contributed by atoms with van der Waals surface area (Å²) in [7, 11) is 0. The maximum Gasteiger partial charge on any atom is 0.323 e. The lowest BCUT2D eigenvalue weighted by molar-refractivity contribution is -0.135. The average Bonchev–Trinajstić information content (AvgIpc) is 2.32. The second-order valence-electron chi connectivity index (χ2n) is 6.85. The van der Waals surface area contributed by atoms with Crippen LogP contribution < -0.4 is 10.6 Å². The van der Waals surface area contributed by atoms with Gasteiger partial charge in [0.1, 0.15) is 6.54 Å². The van der Waals surface area contributed by atoms with Crippen LogP contribution in [0, 0.1) is 23.2 Å². The quantitative estimate of drug-likeness (QED) is 0.723. The van der Waals surface area contributed by atoms with E-state index in [-0.39, 0.29) is 12.6 Å². The second-order valence-corrected chi connectivity index (χ2v) is 6.85. The highest BCUT2D eigenvalue weighted by Gasteiger charge is 2.50. The molecule has 4 fully saturated rings. The smallest absolute Gasteiger partial charge is 0.323 e. The number of rotatable bonds is 4. The lowest BCUT2D eigenvalue weighted by atomic mass is 9.49. The Kier molecular flexibility index (Phi) is 3.15. The predicted molar refractivity (Wildman–Crippen MR) is 69.6 cm³/mol. The van der Waals surface area contributed by atoms with Gasteiger partial charge in [-0.1, -0.05) is 0 Å². The predicted octanol–water partition coefficient (Wildman–Crippen LogP) is 1.59. The fourth-order valence-electron chi connectivity index (χ4n) is 4.99. The van der Waals surface area contributed by atoms with Gasteiger partial charge in [0, 0.05) is 6.54 Å². The van der Waals surface area contributed by atoms with E-state index in [0.717, 1.165) is 17.8 Å². The van der Waals surface area contributed by atoms with Crippen LogP contribution in [0.2, 0.25) is 0 Å². The molecule has 2 amide bonds. The van der Waals surface area contributed by atoms with Crippen LogP contribution in [-0.4, -0.2) is 30.2 Å². The summed E-state index contributed by atoms with van der Waals surface area (Å²) in [5.41, 5.74) is 0.301. The Morgan fingerprint density at radius 1 is 1.00 bits per heavy atom. The van der Waals surface area contributed by atoms with E-state index in [1.54, 1.807) is 0 Å². The first kappa shape index (κ1) is 12.8. The van der Waals surface area contributed by atoms with E-state index in [1.165, 1.54) is 38.5 Å². The Hall–Kier alpha value is -1.26. The van der Waals surface area contributed by atoms with Gasteiger partial charge in [-0.15, -0.1) is 0 Å². The van der Waals surface area contributed by atoms with Crippen molar-refractivity contribution in [2.45, 2.75) is 38.5 Å². The van der Waals surface area contributed by atoms with Crippen molar-refractivity contribution >= 4 is 12.0 Å². The van der Waals surface area contributed by atoms with Crippen molar-refractivity contribution in [3.8, 4) is 0 Å². The van der Waals surface area contributed by atoms with Gasteiger partial charge in [-0.3, -0.25) is 4.79 Å². The first-order valence-corrected chi connectivity index (χ1v) is 7.28. The molecule has 4 saturated carbocycles. The maximum atomic E-state index is 11.6. The van der Waals surface area contributed by atoms with Crippen LogP contribution in [-0.2, 0) is 4.79 Å². The van der Waals surface area contributed by atoms with Crippen LogP contribution in [0.1, 0.15) is 38.5 Å². The number of hydrogen-bond donors (Lipinski definition) is 3. The zero-order valence-corrected chi connectivity index (χ0v) is 11.2. The molecule has 0 aromatic heterocycles. The number of hydrogen-bond acceptors (Lipinski definition) is 2. The SMILES string of the molecule is O=C(O)CNC(=O)NCC12CC3CC(CC(C3)C1)C2. The van der Waals surface area contributed by atoms with Crippen molar-refractivity contribution in [2.24, 2.45) is 23.2 Å². The topological polar surface area (TPSA) is 78.4 Å². The largest absolute Gasteiger partial charge is 0.480 e. The first-order valence-electron chi connectivity index (χ1n) is 7.28. The van der Waals surface area contributed by atoms with Crippen LogP contribution in [0.25, 0.3) is 0 Å². The molecule has 0 spiro atoms. The molecule has 3 N–H and O–H groups in total. The van der Waals surface area contributed by atoms with E-state index in [2.05, 4.69) is 10.6 Å². The standard InChI is InChI=1S/C14H22N2O3/c17-12(18)7-15-13(19)16-8-14-4-9-1-10(5-14)3-11(2-9)6-14/h9-11H,1-8H2,(H,17,18)(H2,15,16,19). The molecular weight excluding hydrogens is 244 g/mol. The van der Waals surface area contributed by atoms with Crippen LogP contribution in [0.3, 0.4) is 0 Å². The maximum absolute atomic E-state index is 11.6. The Balaban J connectivity index is 1.52. The summed E-state index contributed by atoms with van der Waals surface area (Å²) >= 11 is 0. The molecule has 5 nitrogen and oxygen atoms in total. The molecule has 0 radical (unpaired) electrons. The molecular formula is C14H22N2O3. The number of amides is 2. The lowest BCUT2D eigenvalue weighted by Crippen LogP contribution is -2.52. The summed E-state index contributed by atoms with van der Waals surface area (Å²) in [6.07, 6.45) is 7.92. The number of carboxylic acids is 1. The van der Waals surface area contributed by atoms with Gasteiger partial charge in [0.2, 0.25) is 0 Å². The molecule has 0 heterocycles. The third-order valence-corrected chi connectivity index (χ3v) is 5.19. The van der Waals surface area contributed by atoms with Crippen LogP contribution in [0.5, 0.6) is 0 Å². The molecule has 4 aliphatic carbocycles. The van der Waals surface area contributed by atoms with Gasteiger partial charge in [0.05, 0.1) is 0 Å². The lowest BCUT2D eigenvalue weighted by Gasteiger charge is -2.56. The third-order valence-electron chi connectivity index (χ3n) is 5.19. The van der Waals surface area contributed by atoms with Gasteiger partial charge in [-0.25, -0.2) is 4.79 Å². The zero-order valence-electron chi connectivity index (χ0n) is 11.2. The van der Waals surface area contributed by atoms with Crippen molar-refractivity contribution < 1.29 is 14.7 Å². The van der Waals surface area contributed by atoms with Crippen LogP contribution in [0.15, 0.2) is 0 Å². The number of aliphatic carboxylic acids is 1. The summed E-state index contributed by atoms with van der Waals surface area (Å²) in [4.78, 5) is 21.9. The van der Waals surface area contributed by atoms with E-state index in [4.69, 9.17) is 5.11 Å². The van der Waals surface area contributed by atoms with Crippen molar-refractivity contribution in [2.75, 3.05) is 13.1 Å².